The Morgan fingerprint density at radius 2 is 2.31 bits per heavy atom. The molecule has 2 saturated heterocycles. The topological polar surface area (TPSA) is 49.3 Å². The van der Waals surface area contributed by atoms with Crippen molar-refractivity contribution in [2.75, 3.05) is 18.1 Å². The lowest BCUT2D eigenvalue weighted by atomic mass is 9.80. The van der Waals surface area contributed by atoms with Crippen LogP contribution in [0.25, 0.3) is 0 Å². The number of hydrogen-bond acceptors (Lipinski definition) is 3. The SMILES string of the molecule is O=C(O)C1(CC2CCCSC2)CCCCN1. The summed E-state index contributed by atoms with van der Waals surface area (Å²) in [7, 11) is 0. The van der Waals surface area contributed by atoms with Crippen LogP contribution in [-0.2, 0) is 4.79 Å². The molecule has 2 fully saturated rings. The summed E-state index contributed by atoms with van der Waals surface area (Å²) in [6.07, 6.45) is 6.28. The third-order valence-electron chi connectivity index (χ3n) is 3.79. The summed E-state index contributed by atoms with van der Waals surface area (Å²) in [5.74, 6) is 2.36. The summed E-state index contributed by atoms with van der Waals surface area (Å²) in [5, 5.41) is 12.7. The van der Waals surface area contributed by atoms with E-state index in [2.05, 4.69) is 5.32 Å². The van der Waals surface area contributed by atoms with Gasteiger partial charge in [0, 0.05) is 0 Å². The Kier molecular flexibility index (Phi) is 4.14. The predicted molar refractivity (Wildman–Crippen MR) is 66.9 cm³/mol. The number of piperidine rings is 1. The summed E-state index contributed by atoms with van der Waals surface area (Å²) in [5.41, 5.74) is -0.610. The van der Waals surface area contributed by atoms with Gasteiger partial charge in [0.2, 0.25) is 0 Å². The minimum absolute atomic E-state index is 0.598. The highest BCUT2D eigenvalue weighted by molar-refractivity contribution is 7.99. The fourth-order valence-electron chi connectivity index (χ4n) is 2.87. The lowest BCUT2D eigenvalue weighted by molar-refractivity contribution is -0.146. The number of carbonyl (C=O) groups is 1. The third-order valence-corrected chi connectivity index (χ3v) is 5.08. The van der Waals surface area contributed by atoms with Gasteiger partial charge in [0.15, 0.2) is 0 Å². The van der Waals surface area contributed by atoms with Crippen LogP contribution in [0.3, 0.4) is 0 Å². The lowest BCUT2D eigenvalue weighted by Crippen LogP contribution is -2.56. The number of rotatable bonds is 3. The standard InChI is InChI=1S/C12H21NO2S/c14-11(15)12(5-1-2-6-13-12)8-10-4-3-7-16-9-10/h10,13H,1-9H2,(H,14,15). The molecule has 0 bridgehead atoms. The van der Waals surface area contributed by atoms with Crippen molar-refractivity contribution in [3.63, 3.8) is 0 Å². The molecule has 2 aliphatic heterocycles. The maximum absolute atomic E-state index is 11.5. The molecule has 2 rings (SSSR count). The summed E-state index contributed by atoms with van der Waals surface area (Å²) in [6.45, 7) is 0.867. The number of carboxylic acid groups (broad SMARTS) is 1. The van der Waals surface area contributed by atoms with Crippen LogP contribution in [0.4, 0.5) is 0 Å². The normalized spacial score (nSPS) is 35.9. The Balaban J connectivity index is 1.98. The average molecular weight is 243 g/mol. The molecule has 0 saturated carbocycles. The molecular weight excluding hydrogens is 222 g/mol. The van der Waals surface area contributed by atoms with E-state index in [0.29, 0.717) is 5.92 Å². The van der Waals surface area contributed by atoms with E-state index in [9.17, 15) is 9.90 Å². The fraction of sp³-hybridized carbons (Fsp3) is 0.917. The zero-order valence-corrected chi connectivity index (χ0v) is 10.5. The monoisotopic (exact) mass is 243 g/mol. The quantitative estimate of drug-likeness (QED) is 0.797. The van der Waals surface area contributed by atoms with Crippen molar-refractivity contribution in [1.82, 2.24) is 5.32 Å². The summed E-state index contributed by atoms with van der Waals surface area (Å²) in [6, 6.07) is 0. The van der Waals surface area contributed by atoms with Gasteiger partial charge in [-0.15, -0.1) is 0 Å². The van der Waals surface area contributed by atoms with E-state index in [-0.39, 0.29) is 0 Å². The van der Waals surface area contributed by atoms with Crippen molar-refractivity contribution in [3.8, 4) is 0 Å². The highest BCUT2D eigenvalue weighted by Gasteiger charge is 2.41. The fourth-order valence-corrected chi connectivity index (χ4v) is 4.03. The third kappa shape index (κ3) is 2.72. The maximum Gasteiger partial charge on any atom is 0.323 e. The van der Waals surface area contributed by atoms with Crippen molar-refractivity contribution in [2.45, 2.75) is 44.1 Å². The minimum atomic E-state index is -0.636. The Labute approximate surface area is 101 Å². The molecule has 0 amide bonds. The van der Waals surface area contributed by atoms with Gasteiger partial charge in [-0.25, -0.2) is 0 Å². The second-order valence-corrected chi connectivity index (χ2v) is 6.21. The zero-order chi connectivity index (χ0) is 11.4. The first-order valence-corrected chi connectivity index (χ1v) is 7.45. The molecule has 2 atom stereocenters. The molecule has 2 unspecified atom stereocenters. The van der Waals surface area contributed by atoms with Crippen molar-refractivity contribution in [1.29, 1.82) is 0 Å². The molecule has 0 aromatic carbocycles. The van der Waals surface area contributed by atoms with E-state index in [0.717, 1.165) is 38.0 Å². The van der Waals surface area contributed by atoms with Crippen LogP contribution in [0.15, 0.2) is 0 Å². The molecule has 2 N–H and O–H groups in total. The van der Waals surface area contributed by atoms with Crippen LogP contribution < -0.4 is 5.32 Å². The highest BCUT2D eigenvalue weighted by atomic mass is 32.2. The molecule has 3 nitrogen and oxygen atoms in total. The number of carboxylic acids is 1. The molecule has 0 aromatic rings. The van der Waals surface area contributed by atoms with Gasteiger partial charge >= 0.3 is 5.97 Å². The molecule has 4 heteroatoms. The smallest absolute Gasteiger partial charge is 0.323 e. The van der Waals surface area contributed by atoms with E-state index in [1.165, 1.54) is 18.6 Å². The Bertz CT molecular complexity index is 245. The molecule has 0 aliphatic carbocycles. The van der Waals surface area contributed by atoms with Crippen LogP contribution in [0.1, 0.15) is 38.5 Å². The van der Waals surface area contributed by atoms with Crippen LogP contribution in [0.5, 0.6) is 0 Å². The van der Waals surface area contributed by atoms with Crippen molar-refractivity contribution >= 4 is 17.7 Å². The second kappa shape index (κ2) is 5.41. The first-order chi connectivity index (χ1) is 7.73. The van der Waals surface area contributed by atoms with Crippen LogP contribution in [-0.4, -0.2) is 34.7 Å². The van der Waals surface area contributed by atoms with Gasteiger partial charge in [-0.05, 0) is 62.5 Å². The van der Waals surface area contributed by atoms with E-state index in [4.69, 9.17) is 0 Å². The van der Waals surface area contributed by atoms with Crippen molar-refractivity contribution in [2.24, 2.45) is 5.92 Å². The van der Waals surface area contributed by atoms with Crippen LogP contribution in [0.2, 0.25) is 0 Å². The number of hydrogen-bond donors (Lipinski definition) is 2. The number of nitrogens with one attached hydrogen (secondary N) is 1. The van der Waals surface area contributed by atoms with Crippen LogP contribution in [0, 0.1) is 5.92 Å². The Morgan fingerprint density at radius 1 is 1.44 bits per heavy atom. The molecule has 16 heavy (non-hydrogen) atoms. The summed E-state index contributed by atoms with van der Waals surface area (Å²) in [4.78, 5) is 11.5. The zero-order valence-electron chi connectivity index (χ0n) is 9.71. The van der Waals surface area contributed by atoms with E-state index in [1.54, 1.807) is 0 Å². The molecule has 0 radical (unpaired) electrons. The maximum atomic E-state index is 11.5. The second-order valence-electron chi connectivity index (χ2n) is 5.06. The Morgan fingerprint density at radius 3 is 2.88 bits per heavy atom. The van der Waals surface area contributed by atoms with Gasteiger partial charge in [0.1, 0.15) is 5.54 Å². The molecule has 0 aromatic heterocycles. The molecular formula is C12H21NO2S. The van der Waals surface area contributed by atoms with Gasteiger partial charge in [-0.3, -0.25) is 4.79 Å². The Hall–Kier alpha value is -0.220. The molecule has 2 heterocycles. The molecule has 0 spiro atoms. The van der Waals surface area contributed by atoms with E-state index in [1.807, 2.05) is 11.8 Å². The van der Waals surface area contributed by atoms with Gasteiger partial charge in [0.05, 0.1) is 0 Å². The van der Waals surface area contributed by atoms with Crippen molar-refractivity contribution in [3.05, 3.63) is 0 Å². The number of aliphatic carboxylic acids is 1. The first-order valence-electron chi connectivity index (χ1n) is 6.29. The largest absolute Gasteiger partial charge is 0.480 e. The molecule has 92 valence electrons. The van der Waals surface area contributed by atoms with Crippen molar-refractivity contribution < 1.29 is 9.90 Å². The van der Waals surface area contributed by atoms with E-state index >= 15 is 0 Å². The number of thioether (sulfide) groups is 1. The van der Waals surface area contributed by atoms with Gasteiger partial charge in [-0.2, -0.15) is 11.8 Å². The molecule has 2 aliphatic rings. The summed E-state index contributed by atoms with van der Waals surface area (Å²) < 4.78 is 0. The lowest BCUT2D eigenvalue weighted by Gasteiger charge is -2.38. The van der Waals surface area contributed by atoms with E-state index < -0.39 is 11.5 Å². The predicted octanol–water partition coefficient (Wildman–Crippen LogP) is 2.12. The van der Waals surface area contributed by atoms with Gasteiger partial charge < -0.3 is 10.4 Å². The summed E-state index contributed by atoms with van der Waals surface area (Å²) >= 11 is 1.98. The van der Waals surface area contributed by atoms with Crippen LogP contribution >= 0.6 is 11.8 Å². The average Bonchev–Trinajstić information content (AvgIpc) is 2.31. The first kappa shape index (κ1) is 12.2. The highest BCUT2D eigenvalue weighted by Crippen LogP contribution is 2.33. The minimum Gasteiger partial charge on any atom is -0.480 e. The van der Waals surface area contributed by atoms with Gasteiger partial charge in [0.25, 0.3) is 0 Å². The van der Waals surface area contributed by atoms with Gasteiger partial charge in [-0.1, -0.05) is 0 Å².